The first-order valence-corrected chi connectivity index (χ1v) is 11.6. The van der Waals surface area contributed by atoms with Gasteiger partial charge in [0, 0.05) is 30.1 Å². The lowest BCUT2D eigenvalue weighted by atomic mass is 9.87. The molecule has 37 heavy (non-hydrogen) atoms. The monoisotopic (exact) mass is 517 g/mol. The molecule has 1 aromatic heterocycles. The third-order valence-electron chi connectivity index (χ3n) is 6.36. The number of aromatic nitrogens is 1. The van der Waals surface area contributed by atoms with Crippen LogP contribution in [0.25, 0.3) is 22.0 Å². The van der Waals surface area contributed by atoms with Crippen LogP contribution in [0.1, 0.15) is 48.6 Å². The summed E-state index contributed by atoms with van der Waals surface area (Å²) in [4.78, 5) is 11.3. The maximum absolute atomic E-state index is 13.4. The van der Waals surface area contributed by atoms with Crippen LogP contribution in [0.5, 0.6) is 0 Å². The van der Waals surface area contributed by atoms with Gasteiger partial charge in [0.2, 0.25) is 0 Å². The predicted octanol–water partition coefficient (Wildman–Crippen LogP) is 8.43. The molecule has 0 fully saturated rings. The maximum Gasteiger partial charge on any atom is 0.416 e. The van der Waals surface area contributed by atoms with Crippen LogP contribution in [-0.2, 0) is 35.5 Å². The molecule has 0 saturated carbocycles. The average Bonchev–Trinajstić information content (AvgIpc) is 3.14. The lowest BCUT2D eigenvalue weighted by molar-refractivity contribution is -0.143. The van der Waals surface area contributed by atoms with Gasteiger partial charge in [0.25, 0.3) is 0 Å². The smallest absolute Gasteiger partial charge is 0.343 e. The zero-order valence-electron chi connectivity index (χ0n) is 20.5. The van der Waals surface area contributed by atoms with Crippen LogP contribution in [0.15, 0.2) is 66.9 Å². The molecule has 0 aliphatic rings. The van der Waals surface area contributed by atoms with Gasteiger partial charge in [-0.2, -0.15) is 26.3 Å². The van der Waals surface area contributed by atoms with Crippen molar-refractivity contribution >= 4 is 17.2 Å². The summed E-state index contributed by atoms with van der Waals surface area (Å²) in [6, 6.07) is 14.4. The number of carbonyl (C=O) groups is 1. The summed E-state index contributed by atoms with van der Waals surface area (Å²) in [5.74, 6) is 0. The molecule has 194 valence electrons. The van der Waals surface area contributed by atoms with Gasteiger partial charge >= 0.3 is 12.4 Å². The predicted molar refractivity (Wildman–Crippen MR) is 131 cm³/mol. The number of rotatable bonds is 5. The average molecular weight is 518 g/mol. The summed E-state index contributed by atoms with van der Waals surface area (Å²) >= 11 is 0. The van der Waals surface area contributed by atoms with E-state index in [4.69, 9.17) is 0 Å². The van der Waals surface area contributed by atoms with Crippen LogP contribution in [-0.4, -0.2) is 10.9 Å². The summed E-state index contributed by atoms with van der Waals surface area (Å²) in [5.41, 5.74) is 0.809. The first-order chi connectivity index (χ1) is 17.2. The highest BCUT2D eigenvalue weighted by Gasteiger charge is 2.37. The normalized spacial score (nSPS) is 12.8. The number of carbonyl (C=O) groups excluding carboxylic acids is 1. The van der Waals surface area contributed by atoms with Crippen molar-refractivity contribution in [2.75, 3.05) is 0 Å². The lowest BCUT2D eigenvalue weighted by Gasteiger charge is -2.19. The molecule has 0 unspecified atom stereocenters. The van der Waals surface area contributed by atoms with Crippen molar-refractivity contribution in [2.45, 2.75) is 51.5 Å². The molecule has 0 bridgehead atoms. The van der Waals surface area contributed by atoms with Gasteiger partial charge in [-0.25, -0.2) is 0 Å². The van der Waals surface area contributed by atoms with Gasteiger partial charge in [-0.1, -0.05) is 51.1 Å². The largest absolute Gasteiger partial charge is 0.416 e. The van der Waals surface area contributed by atoms with Gasteiger partial charge in [-0.15, -0.1) is 0 Å². The molecule has 0 spiro atoms. The zero-order valence-corrected chi connectivity index (χ0v) is 20.5. The van der Waals surface area contributed by atoms with Crippen LogP contribution in [0.3, 0.4) is 0 Å². The Morgan fingerprint density at radius 1 is 0.730 bits per heavy atom. The van der Waals surface area contributed by atoms with Gasteiger partial charge in [0.1, 0.15) is 6.29 Å². The molecule has 1 heterocycles. The second-order valence-corrected chi connectivity index (χ2v) is 10.1. The number of benzene rings is 3. The Morgan fingerprint density at radius 2 is 1.32 bits per heavy atom. The lowest BCUT2D eigenvalue weighted by Crippen LogP contribution is -2.11. The van der Waals surface area contributed by atoms with Gasteiger partial charge in [-0.3, -0.25) is 0 Å². The number of nitrogens with zero attached hydrogens (tertiary/aromatic N) is 1. The van der Waals surface area contributed by atoms with E-state index in [9.17, 15) is 31.1 Å². The molecule has 3 aromatic carbocycles. The Balaban J connectivity index is 1.79. The maximum atomic E-state index is 13.4. The minimum atomic E-state index is -4.94. The van der Waals surface area contributed by atoms with Gasteiger partial charge in [-0.05, 0) is 63.6 Å². The van der Waals surface area contributed by atoms with E-state index in [1.165, 1.54) is 11.6 Å². The fourth-order valence-corrected chi connectivity index (χ4v) is 4.36. The number of hydrogen-bond acceptors (Lipinski definition) is 1. The van der Waals surface area contributed by atoms with E-state index in [2.05, 4.69) is 32.9 Å². The summed E-state index contributed by atoms with van der Waals surface area (Å²) in [7, 11) is 0. The number of hydrogen-bond donors (Lipinski definition) is 0. The SMILES string of the molecule is CC(C)(C)c1ccc(Cn2cc(CC=O)c3cc(-c4cc(C(F)(F)F)cc(C(F)(F)F)c4)ccc32)cc1. The van der Waals surface area contributed by atoms with Crippen molar-refractivity contribution in [3.05, 3.63) is 94.7 Å². The first-order valence-electron chi connectivity index (χ1n) is 11.6. The van der Waals surface area contributed by atoms with Crippen molar-refractivity contribution in [2.24, 2.45) is 0 Å². The summed E-state index contributed by atoms with van der Waals surface area (Å²) < 4.78 is 82.1. The van der Waals surface area contributed by atoms with E-state index in [1.54, 1.807) is 18.3 Å². The first kappa shape index (κ1) is 26.5. The minimum Gasteiger partial charge on any atom is -0.343 e. The molecule has 4 rings (SSSR count). The van der Waals surface area contributed by atoms with E-state index in [0.29, 0.717) is 29.6 Å². The molecular formula is C29H25F6NO. The minimum absolute atomic E-state index is 0.00159. The Labute approximate surface area is 210 Å². The highest BCUT2D eigenvalue weighted by Crippen LogP contribution is 2.39. The number of alkyl halides is 6. The van der Waals surface area contributed by atoms with Crippen LogP contribution in [0.2, 0.25) is 0 Å². The van der Waals surface area contributed by atoms with Gasteiger partial charge in [0.05, 0.1) is 11.1 Å². The summed E-state index contributed by atoms with van der Waals surface area (Å²) in [5, 5.41) is 0.599. The molecule has 4 aromatic rings. The summed E-state index contributed by atoms with van der Waals surface area (Å²) in [6.45, 7) is 6.84. The zero-order chi connectivity index (χ0) is 27.2. The third kappa shape index (κ3) is 5.73. The standard InChI is InChI=1S/C29H25F6NO/c1-27(2,3)22-7-4-18(5-8-22)16-36-17-20(10-11-37)25-14-19(6-9-26(25)36)21-12-23(28(30,31)32)15-24(13-21)29(33,34)35/h4-9,11-15,17H,10,16H2,1-3H3. The van der Waals surface area contributed by atoms with Crippen molar-refractivity contribution in [3.63, 3.8) is 0 Å². The Hall–Kier alpha value is -3.55. The van der Waals surface area contributed by atoms with Gasteiger partial charge in [0.15, 0.2) is 0 Å². The number of halogens is 6. The highest BCUT2D eigenvalue weighted by molar-refractivity contribution is 5.90. The molecule has 0 N–H and O–H groups in total. The highest BCUT2D eigenvalue weighted by atomic mass is 19.4. The molecule has 8 heteroatoms. The molecule has 0 aliphatic heterocycles. The Kier molecular flexibility index (Phi) is 6.73. The van der Waals surface area contributed by atoms with Crippen LogP contribution < -0.4 is 0 Å². The molecule has 0 amide bonds. The van der Waals surface area contributed by atoms with E-state index < -0.39 is 23.5 Å². The van der Waals surface area contributed by atoms with E-state index in [-0.39, 0.29) is 29.0 Å². The number of aldehydes is 1. The van der Waals surface area contributed by atoms with Crippen molar-refractivity contribution in [1.29, 1.82) is 0 Å². The van der Waals surface area contributed by atoms with Crippen molar-refractivity contribution < 1.29 is 31.1 Å². The fraction of sp³-hybridized carbons (Fsp3) is 0.276. The second-order valence-electron chi connectivity index (χ2n) is 10.1. The Morgan fingerprint density at radius 3 is 1.84 bits per heavy atom. The van der Waals surface area contributed by atoms with Crippen LogP contribution >= 0.6 is 0 Å². The fourth-order valence-electron chi connectivity index (χ4n) is 4.36. The molecule has 0 aliphatic carbocycles. The molecule has 0 radical (unpaired) electrons. The molecular weight excluding hydrogens is 492 g/mol. The van der Waals surface area contributed by atoms with Crippen molar-refractivity contribution in [3.8, 4) is 11.1 Å². The molecule has 2 nitrogen and oxygen atoms in total. The third-order valence-corrected chi connectivity index (χ3v) is 6.36. The topological polar surface area (TPSA) is 22.0 Å². The van der Waals surface area contributed by atoms with Gasteiger partial charge < -0.3 is 9.36 Å². The molecule has 0 atom stereocenters. The van der Waals surface area contributed by atoms with Crippen LogP contribution in [0, 0.1) is 0 Å². The molecule has 0 saturated heterocycles. The van der Waals surface area contributed by atoms with E-state index in [1.807, 2.05) is 16.7 Å². The van der Waals surface area contributed by atoms with Crippen LogP contribution in [0.4, 0.5) is 26.3 Å². The van der Waals surface area contributed by atoms with Crippen molar-refractivity contribution in [1.82, 2.24) is 4.57 Å². The van der Waals surface area contributed by atoms with E-state index in [0.717, 1.165) is 17.4 Å². The Bertz CT molecular complexity index is 1400. The summed E-state index contributed by atoms with van der Waals surface area (Å²) in [6.07, 6.45) is -7.29. The van der Waals surface area contributed by atoms with E-state index >= 15 is 0 Å². The second kappa shape index (κ2) is 9.39. The quantitative estimate of drug-likeness (QED) is 0.192. The number of fused-ring (bicyclic) bond motifs is 1.